The van der Waals surface area contributed by atoms with Crippen LogP contribution in [0.2, 0.25) is 0 Å². The van der Waals surface area contributed by atoms with E-state index in [0.29, 0.717) is 5.82 Å². The number of H-pyrrole nitrogens is 1. The Bertz CT molecular complexity index is 679. The van der Waals surface area contributed by atoms with Crippen molar-refractivity contribution in [2.75, 3.05) is 5.73 Å². The Morgan fingerprint density at radius 2 is 2.17 bits per heavy atom. The Morgan fingerprint density at radius 1 is 1.33 bits per heavy atom. The van der Waals surface area contributed by atoms with Crippen molar-refractivity contribution in [3.8, 4) is 5.82 Å². The maximum Gasteiger partial charge on any atom is 0.188 e. The van der Waals surface area contributed by atoms with E-state index >= 15 is 0 Å². The molecule has 6 heteroatoms. The van der Waals surface area contributed by atoms with Crippen molar-refractivity contribution in [3.05, 3.63) is 30.1 Å². The van der Waals surface area contributed by atoms with Gasteiger partial charge in [-0.2, -0.15) is 14.9 Å². The fourth-order valence-electron chi connectivity index (χ4n) is 2.00. The van der Waals surface area contributed by atoms with Gasteiger partial charge < -0.3 is 5.73 Å². The number of pyridine rings is 1. The number of hydrogen-bond donors (Lipinski definition) is 2. The molecule has 3 heterocycles. The largest absolute Gasteiger partial charge is 0.383 e. The van der Waals surface area contributed by atoms with Gasteiger partial charge in [-0.25, -0.2) is 4.98 Å². The zero-order valence-corrected chi connectivity index (χ0v) is 10.3. The second-order valence-electron chi connectivity index (χ2n) is 4.48. The smallest absolute Gasteiger partial charge is 0.188 e. The fourth-order valence-corrected chi connectivity index (χ4v) is 2.00. The molecule has 3 rings (SSSR count). The number of hydrogen-bond acceptors (Lipinski definition) is 4. The molecule has 3 aromatic rings. The molecule has 3 aromatic heterocycles. The fraction of sp³-hybridized carbons (Fsp3) is 0.250. The SMILES string of the molecule is CC(C)c1nn(-c2ccccn2)c2n[nH]c(N)c12. The van der Waals surface area contributed by atoms with Gasteiger partial charge in [0.05, 0.1) is 11.1 Å². The number of nitrogens with two attached hydrogens (primary N) is 1. The summed E-state index contributed by atoms with van der Waals surface area (Å²) in [5.41, 5.74) is 7.56. The van der Waals surface area contributed by atoms with E-state index < -0.39 is 0 Å². The summed E-state index contributed by atoms with van der Waals surface area (Å²) < 4.78 is 1.72. The lowest BCUT2D eigenvalue weighted by atomic mass is 10.1. The van der Waals surface area contributed by atoms with Crippen LogP contribution in [0.1, 0.15) is 25.5 Å². The summed E-state index contributed by atoms with van der Waals surface area (Å²) in [5.74, 6) is 1.56. The minimum Gasteiger partial charge on any atom is -0.383 e. The minimum absolute atomic E-state index is 0.275. The molecule has 3 N–H and O–H groups in total. The highest BCUT2D eigenvalue weighted by atomic mass is 15.4. The van der Waals surface area contributed by atoms with Gasteiger partial charge in [-0.3, -0.25) is 5.10 Å². The Morgan fingerprint density at radius 3 is 2.83 bits per heavy atom. The van der Waals surface area contributed by atoms with E-state index in [1.807, 2.05) is 18.2 Å². The molecule has 18 heavy (non-hydrogen) atoms. The molecule has 0 spiro atoms. The van der Waals surface area contributed by atoms with Crippen LogP contribution in [0.25, 0.3) is 16.9 Å². The molecule has 92 valence electrons. The van der Waals surface area contributed by atoms with E-state index in [-0.39, 0.29) is 5.92 Å². The summed E-state index contributed by atoms with van der Waals surface area (Å²) in [4.78, 5) is 4.29. The average molecular weight is 242 g/mol. The molecule has 0 atom stereocenters. The molecular formula is C12H14N6. The van der Waals surface area contributed by atoms with E-state index in [2.05, 4.69) is 34.1 Å². The van der Waals surface area contributed by atoms with Gasteiger partial charge >= 0.3 is 0 Å². The first-order valence-corrected chi connectivity index (χ1v) is 5.82. The Balaban J connectivity index is 2.31. The number of rotatable bonds is 2. The first kappa shape index (κ1) is 10.8. The van der Waals surface area contributed by atoms with Crippen molar-refractivity contribution in [1.82, 2.24) is 25.0 Å². The second kappa shape index (κ2) is 3.83. The molecule has 0 aromatic carbocycles. The van der Waals surface area contributed by atoms with Gasteiger partial charge in [0, 0.05) is 6.20 Å². The number of nitrogen functional groups attached to an aromatic ring is 1. The van der Waals surface area contributed by atoms with Crippen molar-refractivity contribution in [1.29, 1.82) is 0 Å². The van der Waals surface area contributed by atoms with Crippen LogP contribution >= 0.6 is 0 Å². The van der Waals surface area contributed by atoms with Crippen molar-refractivity contribution in [2.45, 2.75) is 19.8 Å². The molecule has 0 bridgehead atoms. The third kappa shape index (κ3) is 1.46. The molecule has 0 aliphatic heterocycles. The molecule has 0 amide bonds. The lowest BCUT2D eigenvalue weighted by molar-refractivity contribution is 0.762. The van der Waals surface area contributed by atoms with Gasteiger partial charge in [-0.05, 0) is 18.1 Å². The molecule has 0 radical (unpaired) electrons. The lowest BCUT2D eigenvalue weighted by Crippen LogP contribution is -2.01. The maximum atomic E-state index is 5.91. The zero-order chi connectivity index (χ0) is 12.7. The number of fused-ring (bicyclic) bond motifs is 1. The number of aromatic nitrogens is 5. The van der Waals surface area contributed by atoms with Gasteiger partial charge in [0.2, 0.25) is 0 Å². The summed E-state index contributed by atoms with van der Waals surface area (Å²) in [6, 6.07) is 5.68. The van der Waals surface area contributed by atoms with Crippen molar-refractivity contribution < 1.29 is 0 Å². The van der Waals surface area contributed by atoms with Gasteiger partial charge in [-0.1, -0.05) is 19.9 Å². The van der Waals surface area contributed by atoms with Crippen LogP contribution in [0.15, 0.2) is 24.4 Å². The third-order valence-corrected chi connectivity index (χ3v) is 2.85. The van der Waals surface area contributed by atoms with Crippen LogP contribution < -0.4 is 5.73 Å². The molecule has 0 saturated carbocycles. The van der Waals surface area contributed by atoms with Gasteiger partial charge in [0.1, 0.15) is 5.82 Å². The Hall–Kier alpha value is -2.37. The molecule has 0 saturated heterocycles. The van der Waals surface area contributed by atoms with Crippen LogP contribution in [0.4, 0.5) is 5.82 Å². The minimum atomic E-state index is 0.275. The van der Waals surface area contributed by atoms with E-state index in [0.717, 1.165) is 22.5 Å². The summed E-state index contributed by atoms with van der Waals surface area (Å²) in [7, 11) is 0. The van der Waals surface area contributed by atoms with Crippen LogP contribution in [0.3, 0.4) is 0 Å². The number of nitrogens with one attached hydrogen (secondary N) is 1. The van der Waals surface area contributed by atoms with Gasteiger partial charge in [-0.15, -0.1) is 0 Å². The quantitative estimate of drug-likeness (QED) is 0.718. The topological polar surface area (TPSA) is 85.4 Å². The maximum absolute atomic E-state index is 5.91. The Labute approximate surface area is 104 Å². The summed E-state index contributed by atoms with van der Waals surface area (Å²) >= 11 is 0. The summed E-state index contributed by atoms with van der Waals surface area (Å²) in [6.07, 6.45) is 1.73. The number of nitrogens with zero attached hydrogens (tertiary/aromatic N) is 4. The number of anilines is 1. The summed E-state index contributed by atoms with van der Waals surface area (Å²) in [5, 5.41) is 12.5. The summed E-state index contributed by atoms with van der Waals surface area (Å²) in [6.45, 7) is 4.16. The lowest BCUT2D eigenvalue weighted by Gasteiger charge is -2.01. The van der Waals surface area contributed by atoms with Gasteiger partial charge in [0.15, 0.2) is 11.5 Å². The predicted octanol–water partition coefficient (Wildman–Crippen LogP) is 1.85. The first-order valence-electron chi connectivity index (χ1n) is 5.82. The van der Waals surface area contributed by atoms with E-state index in [1.165, 1.54) is 0 Å². The zero-order valence-electron chi connectivity index (χ0n) is 10.3. The highest BCUT2D eigenvalue weighted by molar-refractivity contribution is 5.90. The van der Waals surface area contributed by atoms with Crippen LogP contribution in [-0.2, 0) is 0 Å². The highest BCUT2D eigenvalue weighted by Crippen LogP contribution is 2.28. The molecular weight excluding hydrogens is 228 g/mol. The Kier molecular flexibility index (Phi) is 2.29. The predicted molar refractivity (Wildman–Crippen MR) is 69.5 cm³/mol. The third-order valence-electron chi connectivity index (χ3n) is 2.85. The second-order valence-corrected chi connectivity index (χ2v) is 4.48. The van der Waals surface area contributed by atoms with Crippen molar-refractivity contribution >= 4 is 16.9 Å². The van der Waals surface area contributed by atoms with Gasteiger partial charge in [0.25, 0.3) is 0 Å². The van der Waals surface area contributed by atoms with Crippen molar-refractivity contribution in [2.24, 2.45) is 0 Å². The standard InChI is InChI=1S/C12H14N6/c1-7(2)10-9-11(13)15-16-12(9)18(17-10)8-5-3-4-6-14-8/h3-7H,1-2H3,(H3,13,15,16). The monoisotopic (exact) mass is 242 g/mol. The molecule has 0 aliphatic rings. The van der Waals surface area contributed by atoms with E-state index in [4.69, 9.17) is 5.73 Å². The first-order chi connectivity index (χ1) is 8.68. The molecule has 6 nitrogen and oxygen atoms in total. The number of aromatic amines is 1. The van der Waals surface area contributed by atoms with Crippen molar-refractivity contribution in [3.63, 3.8) is 0 Å². The average Bonchev–Trinajstić information content (AvgIpc) is 2.92. The van der Waals surface area contributed by atoms with Crippen LogP contribution in [0.5, 0.6) is 0 Å². The van der Waals surface area contributed by atoms with E-state index in [1.54, 1.807) is 10.9 Å². The van der Waals surface area contributed by atoms with E-state index in [9.17, 15) is 0 Å². The molecule has 0 aliphatic carbocycles. The molecule has 0 unspecified atom stereocenters. The molecule has 0 fully saturated rings. The van der Waals surface area contributed by atoms with Crippen LogP contribution in [-0.4, -0.2) is 25.0 Å². The normalized spacial score (nSPS) is 11.5. The van der Waals surface area contributed by atoms with Crippen LogP contribution in [0, 0.1) is 0 Å². The highest BCUT2D eigenvalue weighted by Gasteiger charge is 2.19.